The number of hydrogen-bond donors (Lipinski definition) is 0. The van der Waals surface area contributed by atoms with E-state index in [-0.39, 0.29) is 5.60 Å². The number of carbonyl (C=O) groups excluding carboxylic acids is 1. The minimum absolute atomic E-state index is 0.209. The van der Waals surface area contributed by atoms with Gasteiger partial charge in [-0.1, -0.05) is 0 Å². The van der Waals surface area contributed by atoms with Gasteiger partial charge in [0.05, 0.1) is 12.2 Å². The SMILES string of the molecule is O=C(C1CC1)N1CCC2(CC1)CO2. The summed E-state index contributed by atoms with van der Waals surface area (Å²) in [6.45, 7) is 2.78. The van der Waals surface area contributed by atoms with Crippen molar-refractivity contribution in [3.8, 4) is 0 Å². The molecular weight excluding hydrogens is 166 g/mol. The maximum atomic E-state index is 11.7. The molecule has 0 aromatic carbocycles. The highest BCUT2D eigenvalue weighted by molar-refractivity contribution is 5.81. The fraction of sp³-hybridized carbons (Fsp3) is 0.900. The molecule has 3 heteroatoms. The summed E-state index contributed by atoms with van der Waals surface area (Å²) in [5.74, 6) is 0.782. The number of piperidine rings is 1. The van der Waals surface area contributed by atoms with Crippen LogP contribution >= 0.6 is 0 Å². The normalized spacial score (nSPS) is 30.6. The quantitative estimate of drug-likeness (QED) is 0.560. The topological polar surface area (TPSA) is 32.8 Å². The molecule has 0 unspecified atom stereocenters. The lowest BCUT2D eigenvalue weighted by molar-refractivity contribution is -0.134. The van der Waals surface area contributed by atoms with E-state index in [4.69, 9.17) is 4.74 Å². The van der Waals surface area contributed by atoms with Crippen LogP contribution in [0.5, 0.6) is 0 Å². The molecule has 0 N–H and O–H groups in total. The molecule has 0 radical (unpaired) electrons. The summed E-state index contributed by atoms with van der Waals surface area (Å²) in [5, 5.41) is 0. The minimum atomic E-state index is 0.209. The van der Waals surface area contributed by atoms with Gasteiger partial charge in [0.2, 0.25) is 5.91 Å². The van der Waals surface area contributed by atoms with Crippen LogP contribution in [0.3, 0.4) is 0 Å². The molecule has 2 saturated heterocycles. The smallest absolute Gasteiger partial charge is 0.225 e. The summed E-state index contributed by atoms with van der Waals surface area (Å²) in [6, 6.07) is 0. The second-order valence-corrected chi connectivity index (χ2v) is 4.57. The first kappa shape index (κ1) is 7.80. The third-order valence-corrected chi connectivity index (χ3v) is 3.47. The van der Waals surface area contributed by atoms with E-state index in [1.807, 2.05) is 4.90 Å². The average Bonchev–Trinajstić information content (AvgIpc) is 2.98. The van der Waals surface area contributed by atoms with Crippen LogP contribution in [0.2, 0.25) is 0 Å². The molecule has 13 heavy (non-hydrogen) atoms. The van der Waals surface area contributed by atoms with E-state index in [1.165, 1.54) is 0 Å². The Kier molecular flexibility index (Phi) is 1.48. The van der Waals surface area contributed by atoms with Crippen LogP contribution in [0.15, 0.2) is 0 Å². The second-order valence-electron chi connectivity index (χ2n) is 4.57. The molecule has 1 amide bonds. The number of amides is 1. The monoisotopic (exact) mass is 181 g/mol. The Morgan fingerprint density at radius 3 is 2.38 bits per heavy atom. The summed E-state index contributed by atoms with van der Waals surface area (Å²) in [6.07, 6.45) is 4.37. The molecule has 1 saturated carbocycles. The Hall–Kier alpha value is -0.570. The van der Waals surface area contributed by atoms with E-state index in [1.54, 1.807) is 0 Å². The van der Waals surface area contributed by atoms with Crippen LogP contribution in [0.4, 0.5) is 0 Å². The fourth-order valence-corrected chi connectivity index (χ4v) is 2.11. The van der Waals surface area contributed by atoms with Gasteiger partial charge in [-0.15, -0.1) is 0 Å². The van der Waals surface area contributed by atoms with Crippen LogP contribution < -0.4 is 0 Å². The van der Waals surface area contributed by atoms with E-state index in [0.717, 1.165) is 45.4 Å². The summed E-state index contributed by atoms with van der Waals surface area (Å²) >= 11 is 0. The molecule has 72 valence electrons. The summed E-state index contributed by atoms with van der Waals surface area (Å²) in [4.78, 5) is 13.7. The van der Waals surface area contributed by atoms with E-state index in [0.29, 0.717) is 11.8 Å². The van der Waals surface area contributed by atoms with Crippen molar-refractivity contribution >= 4 is 5.91 Å². The predicted molar refractivity (Wildman–Crippen MR) is 47.2 cm³/mol. The molecule has 0 aromatic heterocycles. The number of rotatable bonds is 1. The number of likely N-dealkylation sites (tertiary alicyclic amines) is 1. The fourth-order valence-electron chi connectivity index (χ4n) is 2.11. The molecule has 1 spiro atoms. The Morgan fingerprint density at radius 2 is 1.92 bits per heavy atom. The molecule has 0 aromatic rings. The molecule has 0 bridgehead atoms. The van der Waals surface area contributed by atoms with Gasteiger partial charge < -0.3 is 9.64 Å². The molecule has 3 fully saturated rings. The first-order chi connectivity index (χ1) is 6.29. The van der Waals surface area contributed by atoms with Gasteiger partial charge >= 0.3 is 0 Å². The van der Waals surface area contributed by atoms with Gasteiger partial charge in [0.1, 0.15) is 0 Å². The number of hydrogen-bond acceptors (Lipinski definition) is 2. The van der Waals surface area contributed by atoms with Gasteiger partial charge in [0.15, 0.2) is 0 Å². The number of ether oxygens (including phenoxy) is 1. The van der Waals surface area contributed by atoms with Crippen LogP contribution in [0.1, 0.15) is 25.7 Å². The van der Waals surface area contributed by atoms with Crippen molar-refractivity contribution in [1.82, 2.24) is 4.90 Å². The molecule has 3 rings (SSSR count). The van der Waals surface area contributed by atoms with Crippen molar-refractivity contribution in [2.45, 2.75) is 31.3 Å². The summed E-state index contributed by atoms with van der Waals surface area (Å²) < 4.78 is 5.40. The van der Waals surface area contributed by atoms with Crippen molar-refractivity contribution in [3.05, 3.63) is 0 Å². The first-order valence-corrected chi connectivity index (χ1v) is 5.22. The van der Waals surface area contributed by atoms with Crippen LogP contribution in [-0.2, 0) is 9.53 Å². The van der Waals surface area contributed by atoms with Crippen molar-refractivity contribution in [2.75, 3.05) is 19.7 Å². The van der Waals surface area contributed by atoms with Crippen LogP contribution in [0, 0.1) is 5.92 Å². The molecule has 3 aliphatic rings. The minimum Gasteiger partial charge on any atom is -0.369 e. The zero-order valence-electron chi connectivity index (χ0n) is 7.79. The van der Waals surface area contributed by atoms with Gasteiger partial charge in [-0.2, -0.15) is 0 Å². The third kappa shape index (κ3) is 1.35. The largest absolute Gasteiger partial charge is 0.369 e. The highest BCUT2D eigenvalue weighted by Crippen LogP contribution is 2.39. The Balaban J connectivity index is 1.58. The van der Waals surface area contributed by atoms with E-state index in [2.05, 4.69) is 0 Å². The second kappa shape index (κ2) is 2.47. The Bertz CT molecular complexity index is 233. The summed E-state index contributed by atoms with van der Waals surface area (Å²) in [5.41, 5.74) is 0.209. The van der Waals surface area contributed by atoms with Crippen molar-refractivity contribution in [3.63, 3.8) is 0 Å². The molecule has 0 atom stereocenters. The third-order valence-electron chi connectivity index (χ3n) is 3.47. The molecule has 3 nitrogen and oxygen atoms in total. The van der Waals surface area contributed by atoms with Gasteiger partial charge in [0, 0.05) is 19.0 Å². The first-order valence-electron chi connectivity index (χ1n) is 5.22. The lowest BCUT2D eigenvalue weighted by Gasteiger charge is -2.30. The molecule has 1 aliphatic carbocycles. The molecular formula is C10H15NO2. The number of nitrogens with zero attached hydrogens (tertiary/aromatic N) is 1. The van der Waals surface area contributed by atoms with E-state index >= 15 is 0 Å². The van der Waals surface area contributed by atoms with Crippen LogP contribution in [-0.4, -0.2) is 36.1 Å². The zero-order valence-corrected chi connectivity index (χ0v) is 7.79. The average molecular weight is 181 g/mol. The maximum Gasteiger partial charge on any atom is 0.225 e. The van der Waals surface area contributed by atoms with E-state index in [9.17, 15) is 4.79 Å². The van der Waals surface area contributed by atoms with Crippen molar-refractivity contribution in [2.24, 2.45) is 5.92 Å². The van der Waals surface area contributed by atoms with Gasteiger partial charge in [-0.05, 0) is 25.7 Å². The van der Waals surface area contributed by atoms with Gasteiger partial charge in [-0.25, -0.2) is 0 Å². The van der Waals surface area contributed by atoms with Gasteiger partial charge in [-0.3, -0.25) is 4.79 Å². The molecule has 2 aliphatic heterocycles. The van der Waals surface area contributed by atoms with Crippen LogP contribution in [0.25, 0.3) is 0 Å². The zero-order chi connectivity index (χ0) is 8.89. The Morgan fingerprint density at radius 1 is 1.31 bits per heavy atom. The lowest BCUT2D eigenvalue weighted by Crippen LogP contribution is -2.42. The summed E-state index contributed by atoms with van der Waals surface area (Å²) in [7, 11) is 0. The highest BCUT2D eigenvalue weighted by Gasteiger charge is 2.48. The maximum absolute atomic E-state index is 11.7. The number of epoxide rings is 1. The number of carbonyl (C=O) groups is 1. The molecule has 2 heterocycles. The van der Waals surface area contributed by atoms with Crippen molar-refractivity contribution in [1.29, 1.82) is 0 Å². The Labute approximate surface area is 78.0 Å². The van der Waals surface area contributed by atoms with Crippen molar-refractivity contribution < 1.29 is 9.53 Å². The highest BCUT2D eigenvalue weighted by atomic mass is 16.6. The van der Waals surface area contributed by atoms with Gasteiger partial charge in [0.25, 0.3) is 0 Å². The standard InChI is InChI=1S/C10H15NO2/c12-9(8-1-2-8)11-5-3-10(4-6-11)7-13-10/h8H,1-7H2. The predicted octanol–water partition coefficient (Wildman–Crippen LogP) is 0.788. The lowest BCUT2D eigenvalue weighted by atomic mass is 9.97. The van der Waals surface area contributed by atoms with E-state index < -0.39 is 0 Å².